The number of hydrogen-bond donors (Lipinski definition) is 15. The van der Waals surface area contributed by atoms with Crippen LogP contribution in [0.25, 0.3) is 49.9 Å². The zero-order chi connectivity index (χ0) is 87.3. The van der Waals surface area contributed by atoms with Crippen LogP contribution in [0.1, 0.15) is 67.1 Å². The van der Waals surface area contributed by atoms with Crippen molar-refractivity contribution < 1.29 is 19.2 Å². The molecule has 0 spiro atoms. The molecule has 3 aliphatic rings. The molecule has 0 saturated carbocycles. The van der Waals surface area contributed by atoms with Gasteiger partial charge in [-0.25, -0.2) is 19.8 Å². The number of piperazine rings is 1. The molecule has 8 aromatic heterocycles. The molecular weight excluding hydrogens is 1580 g/mol. The molecule has 3 aliphatic heterocycles. The van der Waals surface area contributed by atoms with Gasteiger partial charge < -0.3 is 98.0 Å². The number of aromatic amines is 4. The average Bonchev–Trinajstić information content (AvgIpc) is 0.972. The highest BCUT2D eigenvalue weighted by Crippen LogP contribution is 2.27. The van der Waals surface area contributed by atoms with Crippen molar-refractivity contribution in [3.8, 4) is 45.0 Å². The molecule has 4 aromatic carbocycles. The number of likely N-dealkylation sites (N-methyl/N-ethyl adjacent to an activating group) is 2. The van der Waals surface area contributed by atoms with Crippen LogP contribution in [-0.2, 0) is 0 Å². The molecule has 0 radical (unpaired) electrons. The third-order valence-electron chi connectivity index (χ3n) is 20.4. The number of rotatable bonds is 26. The van der Waals surface area contributed by atoms with Gasteiger partial charge in [-0.1, -0.05) is 0 Å². The van der Waals surface area contributed by atoms with E-state index in [4.69, 9.17) is 6.57 Å². The quantitative estimate of drug-likeness (QED) is 0.0224. The van der Waals surface area contributed by atoms with Crippen LogP contribution in [0.5, 0.6) is 0 Å². The smallest absolute Gasteiger partial charge is 0.271 e. The van der Waals surface area contributed by atoms with Crippen molar-refractivity contribution in [3.63, 3.8) is 0 Å². The zero-order valence-electron chi connectivity index (χ0n) is 69.6. The van der Waals surface area contributed by atoms with Gasteiger partial charge in [-0.3, -0.25) is 58.3 Å². The van der Waals surface area contributed by atoms with Crippen molar-refractivity contribution in [1.82, 2.24) is 75.3 Å². The highest BCUT2D eigenvalue weighted by Gasteiger charge is 2.20. The molecule has 0 bridgehead atoms. The summed E-state index contributed by atoms with van der Waals surface area (Å²) in [5.41, 5.74) is 10.1. The minimum Gasteiger partial charge on any atom is -0.384 e. The predicted molar refractivity (Wildman–Crippen MR) is 488 cm³/mol. The van der Waals surface area contributed by atoms with Gasteiger partial charge >= 0.3 is 0 Å². The van der Waals surface area contributed by atoms with Crippen molar-refractivity contribution >= 4 is 92.3 Å². The Kier molecular flexibility index (Phi) is 31.1. The fourth-order valence-electron chi connectivity index (χ4n) is 13.3. The standard InChI is InChI=1S/C23H27N7O2.C22H25N7O2.C22H27N7O2.C22H20N6O2/c1-24-21-15-25-14-20(28-21)17-12-19(23(32)27-13-17)29-22(31)16-4-6-18(7-5-16)26-8-11-30-9-2-3-10-30;1-23-20-13-25-12-19(28-20)15-10-18(22(31)26-11-15)29-21(30)14-2-4-16(5-3-14)27-17-6-8-24-9-7-17;1-23-20-14-24-13-19(26-20)16-11-18(22(31)25-12-16)27-21(30)15-5-7-17(8-6-15)29(4)10-9-28(2)3;1-23-17-6-7-25-19(13-17)16-12-20(22(30)26-14-16)27-21(29)15-2-4-18(5-3-15)28-10-8-24-9-11-28/h4-7,12-15,26H,2-3,8-11H2,1H3,(H,24,28)(H,27,32)(H,29,31);2-5,10-13,17,24,27H,6-9H2,1H3,(H,23,28)(H,26,31)(H,29,30);5-8,11-14H,9-10H2,1-4H3,(H,23,26)(H,25,31)(H,27,30);2-7,12-14,24H,8-11H2,(H,26,30)(H,27,29). The van der Waals surface area contributed by atoms with Gasteiger partial charge in [-0.15, -0.1) is 0 Å². The summed E-state index contributed by atoms with van der Waals surface area (Å²) < 4.78 is 0. The first kappa shape index (κ1) is 88.2. The van der Waals surface area contributed by atoms with Crippen molar-refractivity contribution in [3.05, 3.63) is 277 Å². The summed E-state index contributed by atoms with van der Waals surface area (Å²) in [5.74, 6) is 0.371. The van der Waals surface area contributed by atoms with Crippen LogP contribution in [0.4, 0.5) is 68.6 Å². The summed E-state index contributed by atoms with van der Waals surface area (Å²) in [6.07, 6.45) is 22.0. The van der Waals surface area contributed by atoms with Crippen LogP contribution in [-0.4, -0.2) is 215 Å². The highest BCUT2D eigenvalue weighted by molar-refractivity contribution is 6.07. The number of anilines is 11. The maximum atomic E-state index is 12.7. The molecule has 638 valence electrons. The third-order valence-corrected chi connectivity index (χ3v) is 20.4. The van der Waals surface area contributed by atoms with Crippen LogP contribution in [0.2, 0.25) is 0 Å². The fourth-order valence-corrected chi connectivity index (χ4v) is 13.3. The summed E-state index contributed by atoms with van der Waals surface area (Å²) in [6, 6.07) is 39.1. The van der Waals surface area contributed by atoms with E-state index in [9.17, 15) is 38.4 Å². The second-order valence-electron chi connectivity index (χ2n) is 29.3. The number of nitrogens with zero attached hydrogens (tertiary/aromatic N) is 12. The van der Waals surface area contributed by atoms with E-state index in [0.717, 1.165) is 101 Å². The lowest BCUT2D eigenvalue weighted by molar-refractivity contribution is 0.101. The zero-order valence-corrected chi connectivity index (χ0v) is 69.6. The van der Waals surface area contributed by atoms with Crippen LogP contribution in [0.15, 0.2) is 221 Å². The van der Waals surface area contributed by atoms with E-state index >= 15 is 0 Å². The Balaban J connectivity index is 0.000000151. The molecule has 0 atom stereocenters. The number of piperidine rings is 1. The van der Waals surface area contributed by atoms with Crippen LogP contribution >= 0.6 is 0 Å². The van der Waals surface area contributed by atoms with Gasteiger partial charge in [-0.05, 0) is 199 Å². The Morgan fingerprint density at radius 2 is 0.863 bits per heavy atom. The number of carbonyl (C=O) groups excluding carboxylic acids is 4. The van der Waals surface area contributed by atoms with Gasteiger partial charge in [-0.2, -0.15) is 0 Å². The summed E-state index contributed by atoms with van der Waals surface area (Å²) >= 11 is 0. The van der Waals surface area contributed by atoms with Crippen molar-refractivity contribution in [2.45, 2.75) is 31.7 Å². The topological polar surface area (TPSA) is 440 Å². The number of amides is 4. The lowest BCUT2D eigenvalue weighted by Crippen LogP contribution is -2.43. The summed E-state index contributed by atoms with van der Waals surface area (Å²) in [7, 11) is 11.3. The number of pyridine rings is 5. The van der Waals surface area contributed by atoms with Crippen molar-refractivity contribution in [1.29, 1.82) is 0 Å². The molecule has 4 amide bonds. The Bertz CT molecular complexity index is 5920. The van der Waals surface area contributed by atoms with E-state index in [1.54, 1.807) is 162 Å². The first-order chi connectivity index (χ1) is 60.2. The Labute approximate surface area is 715 Å². The number of likely N-dealkylation sites (tertiary alicyclic amines) is 1. The largest absolute Gasteiger partial charge is 0.384 e. The van der Waals surface area contributed by atoms with Crippen LogP contribution in [0, 0.1) is 6.57 Å². The third kappa shape index (κ3) is 25.0. The average molecular weight is 1670 g/mol. The normalized spacial score (nSPS) is 13.0. The molecule has 124 heavy (non-hydrogen) atoms. The Morgan fingerprint density at radius 1 is 0.468 bits per heavy atom. The molecule has 15 N–H and O–H groups in total. The van der Waals surface area contributed by atoms with Crippen LogP contribution in [0.3, 0.4) is 0 Å². The van der Waals surface area contributed by atoms with E-state index in [1.807, 2.05) is 69.7 Å². The van der Waals surface area contributed by atoms with E-state index < -0.39 is 11.1 Å². The maximum absolute atomic E-state index is 12.7. The monoisotopic (exact) mass is 1670 g/mol. The molecular formula is C89H99N27O8. The predicted octanol–water partition coefficient (Wildman–Crippen LogP) is 9.70. The SMILES string of the molecule is CNc1cncc(-c2c[nH]c(=O)c(NC(=O)c3ccc(N(C)CCN(C)C)cc3)c2)n1.CNc1cncc(-c2c[nH]c(=O)c(NC(=O)c3ccc(NC4CCNCC4)cc3)c2)n1.CNc1cncc(-c2c[nH]c(=O)c(NC(=O)c3ccc(NCCN4CCCC4)cc3)c2)n1.[C-]#[N+]c1ccnc(-c2c[nH]c(=O)c(NC(=O)c3ccc(N4CCNCC4)cc3)c2)c1. The number of aromatic nitrogens is 11. The number of nitrogens with one attached hydrogen (secondary N) is 15. The lowest BCUT2D eigenvalue weighted by atomic mass is 10.1. The van der Waals surface area contributed by atoms with Crippen molar-refractivity contribution in [2.75, 3.05) is 178 Å². The first-order valence-electron chi connectivity index (χ1n) is 40.4. The van der Waals surface area contributed by atoms with E-state index in [1.165, 1.54) is 38.3 Å². The van der Waals surface area contributed by atoms with Gasteiger partial charge in [0.05, 0.1) is 66.5 Å². The van der Waals surface area contributed by atoms with E-state index in [2.05, 4.69) is 138 Å². The molecule has 35 heteroatoms. The Morgan fingerprint density at radius 3 is 1.27 bits per heavy atom. The van der Waals surface area contributed by atoms with Gasteiger partial charge in [0.15, 0.2) is 5.69 Å². The van der Waals surface area contributed by atoms with E-state index in [-0.39, 0.29) is 57.5 Å². The first-order valence-corrected chi connectivity index (χ1v) is 40.4. The number of carbonyl (C=O) groups is 4. The second kappa shape index (κ2) is 43.7. The number of benzene rings is 4. The number of hydrogen-bond acceptors (Lipinski definition) is 26. The molecule has 35 nitrogen and oxygen atoms in total. The van der Waals surface area contributed by atoms with Gasteiger partial charge in [0.25, 0.3) is 45.9 Å². The molecule has 12 aromatic rings. The van der Waals surface area contributed by atoms with E-state index in [0.29, 0.717) is 96.5 Å². The summed E-state index contributed by atoms with van der Waals surface area (Å²) in [4.78, 5) is 152. The highest BCUT2D eigenvalue weighted by atomic mass is 16.2. The van der Waals surface area contributed by atoms with Gasteiger partial charge in [0, 0.05) is 185 Å². The summed E-state index contributed by atoms with van der Waals surface area (Å²) in [6.45, 7) is 18.9. The van der Waals surface area contributed by atoms with Gasteiger partial charge in [0.2, 0.25) is 0 Å². The Hall–Kier alpha value is -15.1. The molecule has 15 rings (SSSR count). The lowest BCUT2D eigenvalue weighted by Gasteiger charge is -2.29. The van der Waals surface area contributed by atoms with Crippen LogP contribution < -0.4 is 90.5 Å². The fraction of sp³-hybridized carbons (Fsp3) is 0.258. The summed E-state index contributed by atoms with van der Waals surface area (Å²) in [5, 5.41) is 33.0. The minimum atomic E-state index is -0.411. The maximum Gasteiger partial charge on any atom is 0.271 e. The van der Waals surface area contributed by atoms with Gasteiger partial charge in [0.1, 0.15) is 40.2 Å². The van der Waals surface area contributed by atoms with Crippen molar-refractivity contribution in [2.24, 2.45) is 0 Å². The number of H-pyrrole nitrogens is 4. The molecule has 0 aliphatic carbocycles. The minimum absolute atomic E-state index is 0.124. The molecule has 11 heterocycles. The molecule has 0 unspecified atom stereocenters. The molecule has 3 saturated heterocycles. The molecule has 3 fully saturated rings. The second-order valence-corrected chi connectivity index (χ2v) is 29.3.